The summed E-state index contributed by atoms with van der Waals surface area (Å²) in [7, 11) is 0. The molecule has 5 heteroatoms. The molecule has 3 aliphatic rings. The van der Waals surface area contributed by atoms with E-state index in [-0.39, 0.29) is 5.41 Å². The lowest BCUT2D eigenvalue weighted by Gasteiger charge is -2.37. The van der Waals surface area contributed by atoms with E-state index in [2.05, 4.69) is 33.5 Å². The minimum Gasteiger partial charge on any atom is -0.341 e. The highest BCUT2D eigenvalue weighted by molar-refractivity contribution is 5.77. The van der Waals surface area contributed by atoms with Gasteiger partial charge in [0.25, 0.3) is 0 Å². The molecule has 0 bridgehead atoms. The molecule has 1 unspecified atom stereocenters. The van der Waals surface area contributed by atoms with Crippen LogP contribution in [0.3, 0.4) is 0 Å². The highest BCUT2D eigenvalue weighted by Gasteiger charge is 2.50. The van der Waals surface area contributed by atoms with Crippen LogP contribution < -0.4 is 0 Å². The summed E-state index contributed by atoms with van der Waals surface area (Å²) >= 11 is 0. The minimum atomic E-state index is 0.235. The number of hydrogen-bond acceptors (Lipinski definition) is 3. The molecule has 0 N–H and O–H groups in total. The molecule has 1 amide bonds. The first-order valence-electron chi connectivity index (χ1n) is 10.2. The van der Waals surface area contributed by atoms with Gasteiger partial charge in [-0.1, -0.05) is 33.1 Å². The van der Waals surface area contributed by atoms with Crippen molar-refractivity contribution in [1.29, 1.82) is 0 Å². The summed E-state index contributed by atoms with van der Waals surface area (Å²) in [5, 5.41) is 8.81. The van der Waals surface area contributed by atoms with Gasteiger partial charge in [0.2, 0.25) is 5.91 Å². The molecule has 1 spiro atoms. The molecule has 0 aromatic carbocycles. The lowest BCUT2D eigenvalue weighted by Crippen LogP contribution is -2.35. The fraction of sp³-hybridized carbons (Fsp3) is 0.850. The molecule has 138 valence electrons. The molecule has 3 fully saturated rings. The Hall–Kier alpha value is -1.39. The SMILES string of the molecule is CC(C)CC(=O)N1CC(c2nncn2CC2CC2)C2(CCCCC2)C1. The zero-order chi connectivity index (χ0) is 17.4. The van der Waals surface area contributed by atoms with Crippen LogP contribution in [0.4, 0.5) is 0 Å². The van der Waals surface area contributed by atoms with Gasteiger partial charge in [0.05, 0.1) is 0 Å². The fourth-order valence-corrected chi connectivity index (χ4v) is 5.01. The number of carbonyl (C=O) groups is 1. The lowest BCUT2D eigenvalue weighted by atomic mass is 9.67. The fourth-order valence-electron chi connectivity index (χ4n) is 5.01. The van der Waals surface area contributed by atoms with Crippen molar-refractivity contribution in [2.24, 2.45) is 17.3 Å². The van der Waals surface area contributed by atoms with Crippen molar-refractivity contribution >= 4 is 5.91 Å². The van der Waals surface area contributed by atoms with Crippen LogP contribution >= 0.6 is 0 Å². The third kappa shape index (κ3) is 3.47. The first-order chi connectivity index (χ1) is 12.1. The van der Waals surface area contributed by atoms with Crippen LogP contribution in [-0.4, -0.2) is 38.7 Å². The Labute approximate surface area is 151 Å². The second-order valence-electron chi connectivity index (χ2n) is 9.13. The van der Waals surface area contributed by atoms with Crippen LogP contribution in [0.25, 0.3) is 0 Å². The van der Waals surface area contributed by atoms with Gasteiger partial charge in [0.1, 0.15) is 12.2 Å². The number of aromatic nitrogens is 3. The molecule has 0 radical (unpaired) electrons. The van der Waals surface area contributed by atoms with Crippen LogP contribution in [0.1, 0.15) is 77.0 Å². The van der Waals surface area contributed by atoms with Gasteiger partial charge >= 0.3 is 0 Å². The maximum atomic E-state index is 12.8. The Morgan fingerprint density at radius 3 is 2.72 bits per heavy atom. The molecule has 2 aliphatic carbocycles. The Balaban J connectivity index is 1.59. The molecular formula is C20H32N4O. The molecule has 4 rings (SSSR count). The van der Waals surface area contributed by atoms with E-state index in [4.69, 9.17) is 0 Å². The van der Waals surface area contributed by atoms with Crippen molar-refractivity contribution in [3.63, 3.8) is 0 Å². The van der Waals surface area contributed by atoms with Crippen LogP contribution in [0.2, 0.25) is 0 Å². The zero-order valence-corrected chi connectivity index (χ0v) is 15.8. The normalized spacial score (nSPS) is 25.9. The van der Waals surface area contributed by atoms with Gasteiger partial charge in [0.15, 0.2) is 0 Å². The Bertz CT molecular complexity index is 613. The number of rotatable bonds is 5. The monoisotopic (exact) mass is 344 g/mol. The van der Waals surface area contributed by atoms with Crippen molar-refractivity contribution < 1.29 is 4.79 Å². The predicted octanol–water partition coefficient (Wildman–Crippen LogP) is 3.61. The number of amides is 1. The largest absolute Gasteiger partial charge is 0.341 e. The second kappa shape index (κ2) is 6.73. The van der Waals surface area contributed by atoms with Crippen molar-refractivity contribution in [3.8, 4) is 0 Å². The van der Waals surface area contributed by atoms with Crippen LogP contribution in [0.15, 0.2) is 6.33 Å². The number of nitrogens with zero attached hydrogens (tertiary/aromatic N) is 4. The van der Waals surface area contributed by atoms with Crippen LogP contribution in [0, 0.1) is 17.3 Å². The third-order valence-corrected chi connectivity index (χ3v) is 6.54. The van der Waals surface area contributed by atoms with E-state index >= 15 is 0 Å². The van der Waals surface area contributed by atoms with E-state index in [0.717, 1.165) is 31.4 Å². The summed E-state index contributed by atoms with van der Waals surface area (Å²) < 4.78 is 2.30. The molecule has 1 aromatic rings. The van der Waals surface area contributed by atoms with Crippen molar-refractivity contribution in [1.82, 2.24) is 19.7 Å². The summed E-state index contributed by atoms with van der Waals surface area (Å²) in [5.41, 5.74) is 0.235. The Morgan fingerprint density at radius 1 is 1.28 bits per heavy atom. The van der Waals surface area contributed by atoms with Crippen LogP contribution in [0.5, 0.6) is 0 Å². The lowest BCUT2D eigenvalue weighted by molar-refractivity contribution is -0.131. The van der Waals surface area contributed by atoms with Gasteiger partial charge in [-0.15, -0.1) is 10.2 Å². The maximum Gasteiger partial charge on any atom is 0.222 e. The molecule has 2 saturated carbocycles. The van der Waals surface area contributed by atoms with Gasteiger partial charge in [0, 0.05) is 32.0 Å². The van der Waals surface area contributed by atoms with E-state index in [9.17, 15) is 4.79 Å². The number of hydrogen-bond donors (Lipinski definition) is 0. The average Bonchev–Trinajstić information content (AvgIpc) is 3.16. The van der Waals surface area contributed by atoms with Gasteiger partial charge in [-0.25, -0.2) is 0 Å². The number of likely N-dealkylation sites (tertiary alicyclic amines) is 1. The van der Waals surface area contributed by atoms with Crippen molar-refractivity contribution in [2.45, 2.75) is 77.7 Å². The molecule has 1 atom stereocenters. The predicted molar refractivity (Wildman–Crippen MR) is 97.0 cm³/mol. The highest BCUT2D eigenvalue weighted by Crippen LogP contribution is 2.52. The van der Waals surface area contributed by atoms with E-state index in [1.54, 1.807) is 0 Å². The second-order valence-corrected chi connectivity index (χ2v) is 9.13. The Kier molecular flexibility index (Phi) is 4.59. The first kappa shape index (κ1) is 17.0. The Morgan fingerprint density at radius 2 is 2.04 bits per heavy atom. The quantitative estimate of drug-likeness (QED) is 0.820. The average molecular weight is 345 g/mol. The third-order valence-electron chi connectivity index (χ3n) is 6.54. The van der Waals surface area contributed by atoms with Gasteiger partial charge in [-0.05, 0) is 42.9 Å². The summed E-state index contributed by atoms with van der Waals surface area (Å²) in [6.45, 7) is 7.10. The molecule has 1 saturated heterocycles. The summed E-state index contributed by atoms with van der Waals surface area (Å²) in [5.74, 6) is 3.08. The molecular weight excluding hydrogens is 312 g/mol. The maximum absolute atomic E-state index is 12.8. The van der Waals surface area contributed by atoms with Gasteiger partial charge in [-0.2, -0.15) is 0 Å². The first-order valence-corrected chi connectivity index (χ1v) is 10.2. The zero-order valence-electron chi connectivity index (χ0n) is 15.8. The topological polar surface area (TPSA) is 51.0 Å². The standard InChI is InChI=1S/C20H32N4O/c1-15(2)10-18(25)23-12-17(20(13-23)8-4-3-5-9-20)19-22-21-14-24(19)11-16-6-7-16/h14-17H,3-13H2,1-2H3. The van der Waals surface area contributed by atoms with Gasteiger partial charge in [-0.3, -0.25) is 4.79 Å². The highest BCUT2D eigenvalue weighted by atomic mass is 16.2. The number of carbonyl (C=O) groups excluding carboxylic acids is 1. The van der Waals surface area contributed by atoms with Crippen LogP contribution in [-0.2, 0) is 11.3 Å². The molecule has 25 heavy (non-hydrogen) atoms. The summed E-state index contributed by atoms with van der Waals surface area (Å²) in [6.07, 6.45) is 11.7. The van der Waals surface area contributed by atoms with E-state index in [1.165, 1.54) is 44.9 Å². The van der Waals surface area contributed by atoms with E-state index < -0.39 is 0 Å². The molecule has 1 aromatic heterocycles. The molecule has 1 aliphatic heterocycles. The van der Waals surface area contributed by atoms with E-state index in [0.29, 0.717) is 24.2 Å². The van der Waals surface area contributed by atoms with Crippen molar-refractivity contribution in [3.05, 3.63) is 12.2 Å². The molecule has 5 nitrogen and oxygen atoms in total. The molecule has 2 heterocycles. The van der Waals surface area contributed by atoms with E-state index in [1.807, 2.05) is 6.33 Å². The minimum absolute atomic E-state index is 0.235. The van der Waals surface area contributed by atoms with Gasteiger partial charge < -0.3 is 9.47 Å². The van der Waals surface area contributed by atoms with Crippen molar-refractivity contribution in [2.75, 3.05) is 13.1 Å². The summed E-state index contributed by atoms with van der Waals surface area (Å²) in [4.78, 5) is 14.9. The smallest absolute Gasteiger partial charge is 0.222 e. The summed E-state index contributed by atoms with van der Waals surface area (Å²) in [6, 6.07) is 0.